The van der Waals surface area contributed by atoms with Crippen LogP contribution in [0.3, 0.4) is 0 Å². The van der Waals surface area contributed by atoms with Gasteiger partial charge in [-0.3, -0.25) is 9.69 Å². The number of carbonyl (C=O) groups is 1. The second-order valence-corrected chi connectivity index (χ2v) is 5.63. The van der Waals surface area contributed by atoms with Crippen molar-refractivity contribution in [2.75, 3.05) is 32.7 Å². The molecule has 18 heavy (non-hydrogen) atoms. The third kappa shape index (κ3) is 3.23. The number of nitrogens with one attached hydrogen (secondary N) is 1. The predicted octanol–water partition coefficient (Wildman–Crippen LogP) is 1.07. The summed E-state index contributed by atoms with van der Waals surface area (Å²) < 4.78 is 0. The van der Waals surface area contributed by atoms with E-state index in [0.29, 0.717) is 11.9 Å². The summed E-state index contributed by atoms with van der Waals surface area (Å²) in [5, 5.41) is 3.27. The molecule has 0 aromatic carbocycles. The number of amides is 1. The number of hydrogen-bond donors (Lipinski definition) is 1. The lowest BCUT2D eigenvalue weighted by Crippen LogP contribution is -2.46. The van der Waals surface area contributed by atoms with Crippen LogP contribution < -0.4 is 5.32 Å². The van der Waals surface area contributed by atoms with Gasteiger partial charge in [-0.25, -0.2) is 0 Å². The molecule has 1 amide bonds. The van der Waals surface area contributed by atoms with E-state index in [1.54, 1.807) is 0 Å². The van der Waals surface area contributed by atoms with Gasteiger partial charge in [0.2, 0.25) is 5.91 Å². The Morgan fingerprint density at radius 1 is 1.28 bits per heavy atom. The van der Waals surface area contributed by atoms with Gasteiger partial charge in [0.1, 0.15) is 0 Å². The van der Waals surface area contributed by atoms with Gasteiger partial charge in [0.15, 0.2) is 0 Å². The van der Waals surface area contributed by atoms with Gasteiger partial charge in [0.25, 0.3) is 0 Å². The minimum Gasteiger partial charge on any atom is -0.340 e. The first-order valence-corrected chi connectivity index (χ1v) is 7.48. The predicted molar refractivity (Wildman–Crippen MR) is 73.5 cm³/mol. The average molecular weight is 253 g/mol. The zero-order valence-corrected chi connectivity index (χ0v) is 11.8. The largest absolute Gasteiger partial charge is 0.340 e. The van der Waals surface area contributed by atoms with Gasteiger partial charge in [-0.05, 0) is 45.8 Å². The molecule has 1 N–H and O–H groups in total. The number of carbonyl (C=O) groups excluding carboxylic acids is 1. The lowest BCUT2D eigenvalue weighted by atomic mass is 10.1. The van der Waals surface area contributed by atoms with E-state index in [2.05, 4.69) is 24.1 Å². The van der Waals surface area contributed by atoms with Crippen molar-refractivity contribution < 1.29 is 4.79 Å². The maximum Gasteiger partial charge on any atom is 0.239 e. The first-order chi connectivity index (χ1) is 8.72. The van der Waals surface area contributed by atoms with Crippen molar-refractivity contribution in [1.29, 1.82) is 0 Å². The molecule has 2 saturated heterocycles. The van der Waals surface area contributed by atoms with E-state index < -0.39 is 0 Å². The highest BCUT2D eigenvalue weighted by molar-refractivity contribution is 5.84. The Bertz CT molecular complexity index is 276. The monoisotopic (exact) mass is 253 g/mol. The van der Waals surface area contributed by atoms with Crippen LogP contribution >= 0.6 is 0 Å². The van der Waals surface area contributed by atoms with Crippen LogP contribution in [0.5, 0.6) is 0 Å². The molecule has 0 radical (unpaired) electrons. The topological polar surface area (TPSA) is 35.6 Å². The summed E-state index contributed by atoms with van der Waals surface area (Å²) in [5.41, 5.74) is 0. The maximum atomic E-state index is 12.2. The van der Waals surface area contributed by atoms with Crippen LogP contribution in [-0.4, -0.2) is 60.5 Å². The third-order valence-corrected chi connectivity index (χ3v) is 4.25. The number of likely N-dealkylation sites (N-methyl/N-ethyl adjacent to an activating group) is 1. The molecule has 2 unspecified atom stereocenters. The molecule has 2 heterocycles. The smallest absolute Gasteiger partial charge is 0.239 e. The SMILES string of the molecule is CCNC1CCN(CC(C)N2CCCCC2)C1=O. The third-order valence-electron chi connectivity index (χ3n) is 4.25. The molecule has 0 aliphatic carbocycles. The highest BCUT2D eigenvalue weighted by Gasteiger charge is 2.32. The summed E-state index contributed by atoms with van der Waals surface area (Å²) in [6.07, 6.45) is 4.98. The summed E-state index contributed by atoms with van der Waals surface area (Å²) in [6.45, 7) is 9.45. The van der Waals surface area contributed by atoms with Crippen LogP contribution in [0.15, 0.2) is 0 Å². The molecule has 2 aliphatic rings. The van der Waals surface area contributed by atoms with Crippen molar-refractivity contribution in [2.24, 2.45) is 0 Å². The second kappa shape index (κ2) is 6.53. The van der Waals surface area contributed by atoms with Crippen LogP contribution in [0.2, 0.25) is 0 Å². The fourth-order valence-corrected chi connectivity index (χ4v) is 3.15. The van der Waals surface area contributed by atoms with Crippen molar-refractivity contribution in [3.05, 3.63) is 0 Å². The summed E-state index contributed by atoms with van der Waals surface area (Å²) in [5.74, 6) is 0.306. The summed E-state index contributed by atoms with van der Waals surface area (Å²) in [6, 6.07) is 0.582. The van der Waals surface area contributed by atoms with Crippen molar-refractivity contribution in [2.45, 2.75) is 51.6 Å². The molecule has 0 aromatic heterocycles. The Morgan fingerprint density at radius 2 is 2.00 bits per heavy atom. The van der Waals surface area contributed by atoms with Crippen LogP contribution in [-0.2, 0) is 4.79 Å². The Morgan fingerprint density at radius 3 is 2.67 bits per heavy atom. The quantitative estimate of drug-likeness (QED) is 0.796. The molecule has 4 heteroatoms. The van der Waals surface area contributed by atoms with Crippen molar-refractivity contribution >= 4 is 5.91 Å². The van der Waals surface area contributed by atoms with Gasteiger partial charge in [-0.15, -0.1) is 0 Å². The second-order valence-electron chi connectivity index (χ2n) is 5.63. The molecule has 0 bridgehead atoms. The van der Waals surface area contributed by atoms with Gasteiger partial charge in [0.05, 0.1) is 6.04 Å². The Balaban J connectivity index is 1.80. The molecule has 2 aliphatic heterocycles. The standard InChI is InChI=1S/C14H27N3O/c1-3-15-13-7-10-17(14(13)18)11-12(2)16-8-5-4-6-9-16/h12-13,15H,3-11H2,1-2H3. The van der Waals surface area contributed by atoms with E-state index in [4.69, 9.17) is 0 Å². The van der Waals surface area contributed by atoms with Gasteiger partial charge >= 0.3 is 0 Å². The first kappa shape index (κ1) is 13.8. The van der Waals surface area contributed by atoms with Gasteiger partial charge in [-0.1, -0.05) is 13.3 Å². The van der Waals surface area contributed by atoms with E-state index in [1.807, 2.05) is 4.90 Å². The van der Waals surface area contributed by atoms with Gasteiger partial charge in [-0.2, -0.15) is 0 Å². The Labute approximate surface area is 111 Å². The summed E-state index contributed by atoms with van der Waals surface area (Å²) in [7, 11) is 0. The van der Waals surface area contributed by atoms with E-state index in [0.717, 1.165) is 26.1 Å². The number of rotatable bonds is 5. The zero-order valence-electron chi connectivity index (χ0n) is 11.8. The molecule has 104 valence electrons. The first-order valence-electron chi connectivity index (χ1n) is 7.48. The molecule has 2 fully saturated rings. The molecule has 0 spiro atoms. The van der Waals surface area contributed by atoms with Crippen LogP contribution in [0.1, 0.15) is 39.5 Å². The van der Waals surface area contributed by atoms with E-state index in [-0.39, 0.29) is 6.04 Å². The van der Waals surface area contributed by atoms with Gasteiger partial charge in [0, 0.05) is 19.1 Å². The molecule has 0 aromatic rings. The fraction of sp³-hybridized carbons (Fsp3) is 0.929. The van der Waals surface area contributed by atoms with E-state index >= 15 is 0 Å². The normalized spacial score (nSPS) is 27.8. The van der Waals surface area contributed by atoms with Crippen molar-refractivity contribution in [3.8, 4) is 0 Å². The van der Waals surface area contributed by atoms with E-state index in [9.17, 15) is 4.79 Å². The average Bonchev–Trinajstić information content (AvgIpc) is 2.73. The Hall–Kier alpha value is -0.610. The Kier molecular flexibility index (Phi) is 5.01. The molecular formula is C14H27N3O. The number of piperidine rings is 1. The number of likely N-dealkylation sites (tertiary alicyclic amines) is 2. The highest BCUT2D eigenvalue weighted by Crippen LogP contribution is 2.16. The summed E-state index contributed by atoms with van der Waals surface area (Å²) >= 11 is 0. The minimum atomic E-state index is 0.0727. The molecule has 0 saturated carbocycles. The summed E-state index contributed by atoms with van der Waals surface area (Å²) in [4.78, 5) is 16.7. The number of nitrogens with zero attached hydrogens (tertiary/aromatic N) is 2. The van der Waals surface area contributed by atoms with Crippen molar-refractivity contribution in [3.63, 3.8) is 0 Å². The molecule has 4 nitrogen and oxygen atoms in total. The molecule has 2 atom stereocenters. The fourth-order valence-electron chi connectivity index (χ4n) is 3.15. The molecular weight excluding hydrogens is 226 g/mol. The lowest BCUT2D eigenvalue weighted by Gasteiger charge is -2.34. The minimum absolute atomic E-state index is 0.0727. The zero-order chi connectivity index (χ0) is 13.0. The van der Waals surface area contributed by atoms with Gasteiger partial charge < -0.3 is 10.2 Å². The highest BCUT2D eigenvalue weighted by atomic mass is 16.2. The van der Waals surface area contributed by atoms with E-state index in [1.165, 1.54) is 32.4 Å². The number of hydrogen-bond acceptors (Lipinski definition) is 3. The maximum absolute atomic E-state index is 12.2. The van der Waals surface area contributed by atoms with Crippen molar-refractivity contribution in [1.82, 2.24) is 15.1 Å². The van der Waals surface area contributed by atoms with Crippen LogP contribution in [0.4, 0.5) is 0 Å². The van der Waals surface area contributed by atoms with Crippen LogP contribution in [0.25, 0.3) is 0 Å². The lowest BCUT2D eigenvalue weighted by molar-refractivity contribution is -0.130. The van der Waals surface area contributed by atoms with Crippen LogP contribution in [0, 0.1) is 0 Å². The molecule has 2 rings (SSSR count).